The van der Waals surface area contributed by atoms with Gasteiger partial charge in [-0.2, -0.15) is 0 Å². The molecule has 1 aromatic carbocycles. The Morgan fingerprint density at radius 3 is 2.88 bits per heavy atom. The smallest absolute Gasteiger partial charge is 0.278 e. The summed E-state index contributed by atoms with van der Waals surface area (Å²) in [6.45, 7) is 1.86. The topological polar surface area (TPSA) is 48.1 Å². The summed E-state index contributed by atoms with van der Waals surface area (Å²) in [5.41, 5.74) is 6.92. The Morgan fingerprint density at radius 1 is 1.50 bits per heavy atom. The lowest BCUT2D eigenvalue weighted by molar-refractivity contribution is 0.474. The number of aryl methyl sites for hydroxylation is 1. The molecule has 0 saturated heterocycles. The van der Waals surface area contributed by atoms with Crippen molar-refractivity contribution in [3.63, 3.8) is 0 Å². The van der Waals surface area contributed by atoms with Crippen LogP contribution < -0.4 is 10.5 Å². The van der Waals surface area contributed by atoms with Crippen LogP contribution in [0.15, 0.2) is 22.0 Å². The third-order valence-electron chi connectivity index (χ3n) is 1.85. The number of nitrogen functional groups attached to an aromatic ring is 1. The largest absolute Gasteiger partial charge is 0.429 e. The zero-order chi connectivity index (χ0) is 11.7. The molecule has 0 radical (unpaired) electrons. The molecule has 0 saturated carbocycles. The number of hydrogen-bond acceptors (Lipinski definition) is 4. The molecule has 16 heavy (non-hydrogen) atoms. The molecule has 1 aromatic heterocycles. The lowest BCUT2D eigenvalue weighted by Crippen LogP contribution is -1.93. The van der Waals surface area contributed by atoms with Gasteiger partial charge in [0.05, 0.1) is 15.9 Å². The Labute approximate surface area is 104 Å². The normalized spacial score (nSPS) is 10.4. The predicted octanol–water partition coefficient (Wildman–Crippen LogP) is 3.73. The molecular weight excluding hydrogens is 295 g/mol. The molecule has 0 bridgehead atoms. The van der Waals surface area contributed by atoms with Gasteiger partial charge in [-0.3, -0.25) is 0 Å². The van der Waals surface area contributed by atoms with Crippen molar-refractivity contribution in [2.75, 3.05) is 5.73 Å². The molecule has 6 heteroatoms. The maximum absolute atomic E-state index is 13.3. The summed E-state index contributed by atoms with van der Waals surface area (Å²) < 4.78 is 19.0. The molecule has 0 fully saturated rings. The molecule has 2 rings (SSSR count). The molecule has 2 aromatic rings. The van der Waals surface area contributed by atoms with Crippen LogP contribution in [-0.4, -0.2) is 4.98 Å². The second-order valence-corrected chi connectivity index (χ2v) is 4.84. The van der Waals surface area contributed by atoms with E-state index in [2.05, 4.69) is 20.9 Å². The highest BCUT2D eigenvalue weighted by Gasteiger charge is 2.09. The van der Waals surface area contributed by atoms with E-state index in [0.717, 1.165) is 5.69 Å². The van der Waals surface area contributed by atoms with E-state index in [1.165, 1.54) is 23.5 Å². The zero-order valence-electron chi connectivity index (χ0n) is 8.33. The van der Waals surface area contributed by atoms with E-state index in [4.69, 9.17) is 10.5 Å². The summed E-state index contributed by atoms with van der Waals surface area (Å²) in [5, 5.41) is 2.30. The van der Waals surface area contributed by atoms with Crippen LogP contribution in [0.5, 0.6) is 10.9 Å². The molecule has 0 amide bonds. The molecule has 0 spiro atoms. The van der Waals surface area contributed by atoms with Gasteiger partial charge in [-0.15, -0.1) is 0 Å². The monoisotopic (exact) mass is 302 g/mol. The lowest BCUT2D eigenvalue weighted by atomic mass is 10.3. The summed E-state index contributed by atoms with van der Waals surface area (Å²) in [5.74, 6) is -0.146. The van der Waals surface area contributed by atoms with E-state index in [-0.39, 0.29) is 5.75 Å². The van der Waals surface area contributed by atoms with E-state index in [0.29, 0.717) is 15.4 Å². The standard InChI is InChI=1S/C10H8BrFN2OS/c1-5-4-16-10(14-5)15-9-3-7(12)6(11)2-8(9)13/h2-4H,13H2,1H3. The van der Waals surface area contributed by atoms with Crippen molar-refractivity contribution in [2.24, 2.45) is 0 Å². The van der Waals surface area contributed by atoms with Gasteiger partial charge in [-0.1, -0.05) is 11.3 Å². The molecular formula is C10H8BrFN2OS. The molecule has 3 nitrogen and oxygen atoms in total. The molecule has 0 unspecified atom stereocenters. The van der Waals surface area contributed by atoms with Gasteiger partial charge in [0.25, 0.3) is 5.19 Å². The SMILES string of the molecule is Cc1csc(Oc2cc(F)c(Br)cc2N)n1. The average Bonchev–Trinajstić information content (AvgIpc) is 2.60. The highest BCUT2D eigenvalue weighted by Crippen LogP contribution is 2.33. The van der Waals surface area contributed by atoms with Crippen LogP contribution in [0.2, 0.25) is 0 Å². The maximum Gasteiger partial charge on any atom is 0.278 e. The first-order valence-corrected chi connectivity index (χ1v) is 6.08. The summed E-state index contributed by atoms with van der Waals surface area (Å²) in [6.07, 6.45) is 0. The average molecular weight is 303 g/mol. The van der Waals surface area contributed by atoms with E-state index in [1.807, 2.05) is 12.3 Å². The van der Waals surface area contributed by atoms with Crippen LogP contribution in [0.25, 0.3) is 0 Å². The fraction of sp³-hybridized carbons (Fsp3) is 0.100. The molecule has 0 atom stereocenters. The van der Waals surface area contributed by atoms with Crippen LogP contribution in [0.1, 0.15) is 5.69 Å². The van der Waals surface area contributed by atoms with Crippen LogP contribution in [-0.2, 0) is 0 Å². The third kappa shape index (κ3) is 2.33. The maximum atomic E-state index is 13.3. The van der Waals surface area contributed by atoms with Crippen molar-refractivity contribution in [3.05, 3.63) is 33.5 Å². The fourth-order valence-electron chi connectivity index (χ4n) is 1.11. The molecule has 0 aliphatic carbocycles. The molecule has 2 N–H and O–H groups in total. The summed E-state index contributed by atoms with van der Waals surface area (Å²) in [4.78, 5) is 4.11. The van der Waals surface area contributed by atoms with E-state index in [1.54, 1.807) is 0 Å². The minimum absolute atomic E-state index is 0.273. The summed E-state index contributed by atoms with van der Waals surface area (Å²) in [6, 6.07) is 2.70. The number of rotatable bonds is 2. The number of ether oxygens (including phenoxy) is 1. The number of nitrogens with two attached hydrogens (primary N) is 1. The van der Waals surface area contributed by atoms with Gasteiger partial charge in [0.1, 0.15) is 5.82 Å². The number of benzene rings is 1. The van der Waals surface area contributed by atoms with Crippen molar-refractivity contribution < 1.29 is 9.13 Å². The second kappa shape index (κ2) is 4.39. The minimum atomic E-state index is -0.419. The van der Waals surface area contributed by atoms with Gasteiger partial charge in [0, 0.05) is 11.4 Å². The van der Waals surface area contributed by atoms with E-state index >= 15 is 0 Å². The Kier molecular flexibility index (Phi) is 3.11. The number of halogens is 2. The molecule has 0 aliphatic rings. The zero-order valence-corrected chi connectivity index (χ0v) is 10.7. The quantitative estimate of drug-likeness (QED) is 0.860. The number of nitrogens with zero attached hydrogens (tertiary/aromatic N) is 1. The highest BCUT2D eigenvalue weighted by molar-refractivity contribution is 9.10. The van der Waals surface area contributed by atoms with Crippen molar-refractivity contribution in [1.82, 2.24) is 4.98 Å². The lowest BCUT2D eigenvalue weighted by Gasteiger charge is -2.06. The van der Waals surface area contributed by atoms with E-state index in [9.17, 15) is 4.39 Å². The van der Waals surface area contributed by atoms with Crippen molar-refractivity contribution in [2.45, 2.75) is 6.92 Å². The number of anilines is 1. The van der Waals surface area contributed by atoms with Gasteiger partial charge in [0.2, 0.25) is 0 Å². The van der Waals surface area contributed by atoms with Gasteiger partial charge < -0.3 is 10.5 Å². The number of hydrogen-bond donors (Lipinski definition) is 1. The van der Waals surface area contributed by atoms with Crippen LogP contribution in [0.3, 0.4) is 0 Å². The fourth-order valence-corrected chi connectivity index (χ4v) is 2.13. The second-order valence-electron chi connectivity index (χ2n) is 3.16. The Morgan fingerprint density at radius 2 is 2.25 bits per heavy atom. The van der Waals surface area contributed by atoms with Gasteiger partial charge in [-0.25, -0.2) is 9.37 Å². The molecule has 0 aliphatic heterocycles. The van der Waals surface area contributed by atoms with Crippen LogP contribution in [0, 0.1) is 12.7 Å². The van der Waals surface area contributed by atoms with Crippen molar-refractivity contribution in [1.29, 1.82) is 0 Å². The summed E-state index contributed by atoms with van der Waals surface area (Å²) >= 11 is 4.39. The Balaban J connectivity index is 2.31. The highest BCUT2D eigenvalue weighted by atomic mass is 79.9. The Bertz CT molecular complexity index is 530. The predicted molar refractivity (Wildman–Crippen MR) is 65.4 cm³/mol. The molecule has 84 valence electrons. The van der Waals surface area contributed by atoms with Gasteiger partial charge in [-0.05, 0) is 28.9 Å². The van der Waals surface area contributed by atoms with Gasteiger partial charge in [0.15, 0.2) is 5.75 Å². The minimum Gasteiger partial charge on any atom is -0.429 e. The number of aromatic nitrogens is 1. The first-order valence-electron chi connectivity index (χ1n) is 4.41. The van der Waals surface area contributed by atoms with Crippen LogP contribution in [0.4, 0.5) is 10.1 Å². The molecule has 1 heterocycles. The van der Waals surface area contributed by atoms with Crippen LogP contribution >= 0.6 is 27.3 Å². The van der Waals surface area contributed by atoms with Crippen molar-refractivity contribution >= 4 is 33.0 Å². The first-order chi connectivity index (χ1) is 7.56. The first kappa shape index (κ1) is 11.3. The third-order valence-corrected chi connectivity index (χ3v) is 3.29. The van der Waals surface area contributed by atoms with Gasteiger partial charge >= 0.3 is 0 Å². The number of thiazole rings is 1. The van der Waals surface area contributed by atoms with Crippen molar-refractivity contribution in [3.8, 4) is 10.9 Å². The Hall–Kier alpha value is -1.14. The van der Waals surface area contributed by atoms with E-state index < -0.39 is 5.82 Å². The summed E-state index contributed by atoms with van der Waals surface area (Å²) in [7, 11) is 0.